The van der Waals surface area contributed by atoms with Crippen molar-refractivity contribution in [3.8, 4) is 0 Å². The van der Waals surface area contributed by atoms with Crippen LogP contribution in [0.2, 0.25) is 0 Å². The molecular weight excluding hydrogens is 271 g/mol. The van der Waals surface area contributed by atoms with Gasteiger partial charge in [0.25, 0.3) is 5.69 Å². The van der Waals surface area contributed by atoms with Crippen molar-refractivity contribution in [1.82, 2.24) is 4.98 Å². The third kappa shape index (κ3) is 3.14. The van der Waals surface area contributed by atoms with E-state index in [9.17, 15) is 10.1 Å². The topological polar surface area (TPSA) is 74.5 Å². The third-order valence-corrected chi connectivity index (χ3v) is 3.95. The van der Waals surface area contributed by atoms with E-state index in [4.69, 9.17) is 9.31 Å². The summed E-state index contributed by atoms with van der Waals surface area (Å²) >= 11 is 0. The number of nitrogens with zero attached hydrogens (tertiary/aromatic N) is 2. The van der Waals surface area contributed by atoms with Gasteiger partial charge in [-0.05, 0) is 34.6 Å². The number of hydrogen-bond donors (Lipinski definition) is 0. The van der Waals surface area contributed by atoms with E-state index < -0.39 is 23.2 Å². The van der Waals surface area contributed by atoms with Crippen LogP contribution in [0.25, 0.3) is 6.08 Å². The zero-order chi connectivity index (χ0) is 15.8. The summed E-state index contributed by atoms with van der Waals surface area (Å²) < 4.78 is 11.6. The molecular formula is C14H19BN2O4. The highest BCUT2D eigenvalue weighted by molar-refractivity contribution is 6.52. The number of nitro groups is 1. The SMILES string of the molecule is Cc1cc([N+](=O)[O-])c(/C=C/B2OC(C)(C)C(C)(C)O2)cn1. The zero-order valence-electron chi connectivity index (χ0n) is 12.9. The van der Waals surface area contributed by atoms with Crippen LogP contribution in [0.5, 0.6) is 0 Å². The molecule has 2 heterocycles. The first kappa shape index (κ1) is 15.7. The van der Waals surface area contributed by atoms with Crippen LogP contribution in [-0.4, -0.2) is 28.2 Å². The van der Waals surface area contributed by atoms with Crippen molar-refractivity contribution >= 4 is 18.9 Å². The Bertz CT molecular complexity index is 583. The molecule has 1 aromatic rings. The molecule has 1 aliphatic heterocycles. The van der Waals surface area contributed by atoms with Gasteiger partial charge in [-0.1, -0.05) is 12.1 Å². The fraction of sp³-hybridized carbons (Fsp3) is 0.500. The molecule has 0 saturated carbocycles. The molecule has 1 saturated heterocycles. The maximum atomic E-state index is 11.1. The summed E-state index contributed by atoms with van der Waals surface area (Å²) in [6, 6.07) is 1.45. The Morgan fingerprint density at radius 3 is 2.38 bits per heavy atom. The van der Waals surface area contributed by atoms with Gasteiger partial charge >= 0.3 is 7.12 Å². The number of pyridine rings is 1. The van der Waals surface area contributed by atoms with Gasteiger partial charge in [-0.15, -0.1) is 0 Å². The van der Waals surface area contributed by atoms with Crippen molar-refractivity contribution in [2.75, 3.05) is 0 Å². The second-order valence-electron chi connectivity index (χ2n) is 6.13. The van der Waals surface area contributed by atoms with Crippen LogP contribution < -0.4 is 0 Å². The Morgan fingerprint density at radius 2 is 1.86 bits per heavy atom. The molecule has 0 amide bonds. The lowest BCUT2D eigenvalue weighted by Crippen LogP contribution is -2.41. The fourth-order valence-electron chi connectivity index (χ4n) is 1.99. The maximum absolute atomic E-state index is 11.1. The molecule has 0 aromatic carbocycles. The lowest BCUT2D eigenvalue weighted by atomic mass is 9.89. The van der Waals surface area contributed by atoms with Gasteiger partial charge in [0.1, 0.15) is 0 Å². The highest BCUT2D eigenvalue weighted by Crippen LogP contribution is 2.37. The van der Waals surface area contributed by atoms with Crippen LogP contribution >= 0.6 is 0 Å². The summed E-state index contributed by atoms with van der Waals surface area (Å²) in [7, 11) is -0.532. The maximum Gasteiger partial charge on any atom is 0.487 e. The smallest absolute Gasteiger partial charge is 0.400 e. The molecule has 1 fully saturated rings. The van der Waals surface area contributed by atoms with Gasteiger partial charge in [0, 0.05) is 18.0 Å². The summed E-state index contributed by atoms with van der Waals surface area (Å²) in [5.41, 5.74) is 0.198. The van der Waals surface area contributed by atoms with Gasteiger partial charge < -0.3 is 9.31 Å². The first-order valence-corrected chi connectivity index (χ1v) is 6.77. The number of aromatic nitrogens is 1. The fourth-order valence-corrected chi connectivity index (χ4v) is 1.99. The first-order chi connectivity index (χ1) is 9.62. The number of aryl methyl sites for hydroxylation is 1. The summed E-state index contributed by atoms with van der Waals surface area (Å²) in [5, 5.41) is 11.1. The van der Waals surface area contributed by atoms with Crippen molar-refractivity contribution in [3.05, 3.63) is 39.6 Å². The largest absolute Gasteiger partial charge is 0.487 e. The van der Waals surface area contributed by atoms with Crippen molar-refractivity contribution in [1.29, 1.82) is 0 Å². The van der Waals surface area contributed by atoms with E-state index in [1.54, 1.807) is 19.0 Å². The molecule has 0 bridgehead atoms. The average Bonchev–Trinajstić information content (AvgIpc) is 2.56. The summed E-state index contributed by atoms with van der Waals surface area (Å²) in [6.07, 6.45) is 3.10. The van der Waals surface area contributed by atoms with E-state index in [0.29, 0.717) is 11.3 Å². The third-order valence-electron chi connectivity index (χ3n) is 3.95. The second-order valence-corrected chi connectivity index (χ2v) is 6.13. The minimum Gasteiger partial charge on any atom is -0.400 e. The van der Waals surface area contributed by atoms with Crippen molar-refractivity contribution in [2.45, 2.75) is 45.8 Å². The molecule has 0 atom stereocenters. The summed E-state index contributed by atoms with van der Waals surface area (Å²) in [6.45, 7) is 9.54. The van der Waals surface area contributed by atoms with Crippen molar-refractivity contribution in [3.63, 3.8) is 0 Å². The normalized spacial score (nSPS) is 20.1. The minimum atomic E-state index is -0.532. The monoisotopic (exact) mass is 290 g/mol. The first-order valence-electron chi connectivity index (χ1n) is 6.77. The van der Waals surface area contributed by atoms with Gasteiger partial charge in [0.15, 0.2) is 0 Å². The number of hydrogen-bond acceptors (Lipinski definition) is 5. The standard InChI is InChI=1S/C14H19BN2O4/c1-10-8-12(17(18)19)11(9-16-10)6-7-15-20-13(2,3)14(4,5)21-15/h6-9H,1-5H3/b7-6+. The molecule has 6 nitrogen and oxygen atoms in total. The predicted octanol–water partition coefficient (Wildman–Crippen LogP) is 2.94. The predicted molar refractivity (Wildman–Crippen MR) is 80.7 cm³/mol. The highest BCUT2D eigenvalue weighted by atomic mass is 16.7. The molecule has 0 spiro atoms. The molecule has 112 valence electrons. The molecule has 2 rings (SSSR count). The van der Waals surface area contributed by atoms with Crippen molar-refractivity contribution in [2.24, 2.45) is 0 Å². The van der Waals surface area contributed by atoms with Crippen LogP contribution in [-0.2, 0) is 9.31 Å². The highest BCUT2D eigenvalue weighted by Gasteiger charge is 2.50. The summed E-state index contributed by atoms with van der Waals surface area (Å²) in [5.74, 6) is 1.68. The molecule has 1 aliphatic rings. The van der Waals surface area contributed by atoms with Crippen LogP contribution in [0.4, 0.5) is 5.69 Å². The Labute approximate surface area is 124 Å². The van der Waals surface area contributed by atoms with E-state index in [2.05, 4.69) is 4.98 Å². The molecule has 0 N–H and O–H groups in total. The van der Waals surface area contributed by atoms with Gasteiger partial charge in [-0.2, -0.15) is 0 Å². The Kier molecular flexibility index (Phi) is 3.90. The summed E-state index contributed by atoms with van der Waals surface area (Å²) in [4.78, 5) is 14.7. The van der Waals surface area contributed by atoms with E-state index in [1.165, 1.54) is 12.3 Å². The van der Waals surface area contributed by atoms with Crippen LogP contribution in [0.15, 0.2) is 18.2 Å². The van der Waals surface area contributed by atoms with Gasteiger partial charge in [-0.3, -0.25) is 15.1 Å². The van der Waals surface area contributed by atoms with E-state index in [-0.39, 0.29) is 5.69 Å². The molecule has 7 heteroatoms. The molecule has 0 unspecified atom stereocenters. The lowest BCUT2D eigenvalue weighted by Gasteiger charge is -2.32. The van der Waals surface area contributed by atoms with E-state index in [0.717, 1.165) is 0 Å². The number of rotatable bonds is 3. The molecule has 0 aliphatic carbocycles. The van der Waals surface area contributed by atoms with Gasteiger partial charge in [-0.25, -0.2) is 0 Å². The Balaban J connectivity index is 2.22. The lowest BCUT2D eigenvalue weighted by molar-refractivity contribution is -0.385. The molecule has 0 radical (unpaired) electrons. The van der Waals surface area contributed by atoms with Crippen LogP contribution in [0.3, 0.4) is 0 Å². The van der Waals surface area contributed by atoms with Crippen molar-refractivity contribution < 1.29 is 14.2 Å². The zero-order valence-corrected chi connectivity index (χ0v) is 12.9. The quantitative estimate of drug-likeness (QED) is 0.486. The van der Waals surface area contributed by atoms with E-state index in [1.807, 2.05) is 27.7 Å². The van der Waals surface area contributed by atoms with Crippen LogP contribution in [0.1, 0.15) is 39.0 Å². The van der Waals surface area contributed by atoms with E-state index >= 15 is 0 Å². The van der Waals surface area contributed by atoms with Gasteiger partial charge in [0.05, 0.1) is 21.7 Å². The second kappa shape index (κ2) is 5.24. The Morgan fingerprint density at radius 1 is 1.29 bits per heavy atom. The Hall–Kier alpha value is -1.73. The minimum absolute atomic E-state index is 0.0234. The molecule has 1 aromatic heterocycles. The average molecular weight is 290 g/mol. The van der Waals surface area contributed by atoms with Gasteiger partial charge in [0.2, 0.25) is 0 Å². The van der Waals surface area contributed by atoms with Crippen LogP contribution in [0, 0.1) is 17.0 Å². The molecule has 21 heavy (non-hydrogen) atoms.